The highest BCUT2D eigenvalue weighted by molar-refractivity contribution is 5.03. The molecule has 0 aliphatic rings. The first-order valence-corrected chi connectivity index (χ1v) is 3.64. The van der Waals surface area contributed by atoms with Crippen molar-refractivity contribution in [2.75, 3.05) is 6.54 Å². The molecule has 3 nitrogen and oxygen atoms in total. The molecule has 1 rings (SSSR count). The normalized spacial score (nSPS) is 11.5. The second-order valence-electron chi connectivity index (χ2n) is 3.16. The van der Waals surface area contributed by atoms with Gasteiger partial charge in [0, 0.05) is 24.4 Å². The zero-order chi connectivity index (χ0) is 8.32. The van der Waals surface area contributed by atoms with Crippen LogP contribution in [0.4, 0.5) is 0 Å². The smallest absolute Gasteiger partial charge is 0.135 e. The van der Waals surface area contributed by atoms with Gasteiger partial charge in [-0.2, -0.15) is 0 Å². The van der Waals surface area contributed by atoms with Crippen LogP contribution in [0.15, 0.2) is 18.5 Å². The SMILES string of the molecule is CC(C)(CN)c1ncccn1. The Morgan fingerprint density at radius 3 is 2.36 bits per heavy atom. The summed E-state index contributed by atoms with van der Waals surface area (Å²) in [5.41, 5.74) is 5.45. The van der Waals surface area contributed by atoms with Crippen molar-refractivity contribution in [3.05, 3.63) is 24.3 Å². The molecule has 1 aromatic rings. The van der Waals surface area contributed by atoms with Gasteiger partial charge in [-0.15, -0.1) is 0 Å². The second kappa shape index (κ2) is 2.96. The van der Waals surface area contributed by atoms with Gasteiger partial charge >= 0.3 is 0 Å². The Morgan fingerprint density at radius 2 is 1.91 bits per heavy atom. The average Bonchev–Trinajstić information content (AvgIpc) is 2.06. The summed E-state index contributed by atoms with van der Waals surface area (Å²) in [6.07, 6.45) is 3.47. The van der Waals surface area contributed by atoms with E-state index in [1.165, 1.54) is 0 Å². The van der Waals surface area contributed by atoms with E-state index in [0.717, 1.165) is 5.82 Å². The third-order valence-electron chi connectivity index (χ3n) is 1.68. The van der Waals surface area contributed by atoms with Crippen LogP contribution in [0.5, 0.6) is 0 Å². The molecule has 60 valence electrons. The van der Waals surface area contributed by atoms with Gasteiger partial charge in [-0.25, -0.2) is 9.97 Å². The van der Waals surface area contributed by atoms with E-state index in [2.05, 4.69) is 9.97 Å². The van der Waals surface area contributed by atoms with Crippen molar-refractivity contribution in [3.63, 3.8) is 0 Å². The monoisotopic (exact) mass is 151 g/mol. The minimum absolute atomic E-state index is 0.110. The first kappa shape index (κ1) is 8.14. The van der Waals surface area contributed by atoms with Crippen molar-refractivity contribution < 1.29 is 0 Å². The van der Waals surface area contributed by atoms with Gasteiger partial charge in [0.15, 0.2) is 0 Å². The second-order valence-corrected chi connectivity index (χ2v) is 3.16. The van der Waals surface area contributed by atoms with Crippen LogP contribution in [0.25, 0.3) is 0 Å². The lowest BCUT2D eigenvalue weighted by Crippen LogP contribution is -2.30. The van der Waals surface area contributed by atoms with Crippen LogP contribution in [0.1, 0.15) is 19.7 Å². The lowest BCUT2D eigenvalue weighted by molar-refractivity contribution is 0.502. The van der Waals surface area contributed by atoms with Crippen molar-refractivity contribution in [1.29, 1.82) is 0 Å². The molecule has 0 spiro atoms. The first-order valence-electron chi connectivity index (χ1n) is 3.64. The largest absolute Gasteiger partial charge is 0.329 e. The van der Waals surface area contributed by atoms with E-state index in [1.807, 2.05) is 13.8 Å². The number of aromatic nitrogens is 2. The third kappa shape index (κ3) is 1.74. The number of hydrogen-bond donors (Lipinski definition) is 1. The quantitative estimate of drug-likeness (QED) is 0.677. The molecular formula is C8H13N3. The predicted molar refractivity (Wildman–Crippen MR) is 44.1 cm³/mol. The van der Waals surface area contributed by atoms with E-state index in [9.17, 15) is 0 Å². The highest BCUT2D eigenvalue weighted by Gasteiger charge is 2.20. The molecule has 0 saturated heterocycles. The maximum Gasteiger partial charge on any atom is 0.135 e. The number of nitrogens with zero attached hydrogens (tertiary/aromatic N) is 2. The third-order valence-corrected chi connectivity index (χ3v) is 1.68. The van der Waals surface area contributed by atoms with Crippen LogP contribution in [0, 0.1) is 0 Å². The lowest BCUT2D eigenvalue weighted by Gasteiger charge is -2.19. The molecule has 0 aromatic carbocycles. The molecular weight excluding hydrogens is 138 g/mol. The molecule has 0 radical (unpaired) electrons. The minimum atomic E-state index is -0.110. The Labute approximate surface area is 66.7 Å². The molecule has 0 saturated carbocycles. The Hall–Kier alpha value is -0.960. The number of nitrogens with two attached hydrogens (primary N) is 1. The highest BCUT2D eigenvalue weighted by Crippen LogP contribution is 2.15. The highest BCUT2D eigenvalue weighted by atomic mass is 14.9. The van der Waals surface area contributed by atoms with Crippen molar-refractivity contribution in [3.8, 4) is 0 Å². The van der Waals surface area contributed by atoms with Crippen LogP contribution in [0.2, 0.25) is 0 Å². The van der Waals surface area contributed by atoms with Crippen LogP contribution in [-0.2, 0) is 5.41 Å². The van der Waals surface area contributed by atoms with E-state index in [4.69, 9.17) is 5.73 Å². The van der Waals surface area contributed by atoms with Gasteiger partial charge in [0.1, 0.15) is 5.82 Å². The van der Waals surface area contributed by atoms with Crippen molar-refractivity contribution in [1.82, 2.24) is 9.97 Å². The molecule has 0 aliphatic heterocycles. The van der Waals surface area contributed by atoms with Gasteiger partial charge < -0.3 is 5.73 Å². The molecule has 0 amide bonds. The Bertz CT molecular complexity index is 218. The minimum Gasteiger partial charge on any atom is -0.329 e. The van der Waals surface area contributed by atoms with Crippen molar-refractivity contribution in [2.24, 2.45) is 5.73 Å². The fraction of sp³-hybridized carbons (Fsp3) is 0.500. The van der Waals surface area contributed by atoms with Gasteiger partial charge in [-0.05, 0) is 6.07 Å². The number of rotatable bonds is 2. The molecule has 3 heteroatoms. The summed E-state index contributed by atoms with van der Waals surface area (Å²) in [6.45, 7) is 4.63. The lowest BCUT2D eigenvalue weighted by atomic mass is 9.93. The van der Waals surface area contributed by atoms with Gasteiger partial charge in [-0.3, -0.25) is 0 Å². The van der Waals surface area contributed by atoms with Crippen LogP contribution in [-0.4, -0.2) is 16.5 Å². The topological polar surface area (TPSA) is 51.8 Å². The zero-order valence-corrected chi connectivity index (χ0v) is 6.91. The Morgan fingerprint density at radius 1 is 1.36 bits per heavy atom. The van der Waals surface area contributed by atoms with Gasteiger partial charge in [0.25, 0.3) is 0 Å². The summed E-state index contributed by atoms with van der Waals surface area (Å²) in [5.74, 6) is 0.808. The van der Waals surface area contributed by atoms with Crippen LogP contribution in [0.3, 0.4) is 0 Å². The average molecular weight is 151 g/mol. The molecule has 1 heterocycles. The fourth-order valence-corrected chi connectivity index (χ4v) is 0.740. The number of hydrogen-bond acceptors (Lipinski definition) is 3. The standard InChI is InChI=1S/C8H13N3/c1-8(2,6-9)7-10-4-3-5-11-7/h3-5H,6,9H2,1-2H3. The molecule has 0 unspecified atom stereocenters. The molecule has 1 aromatic heterocycles. The summed E-state index contributed by atoms with van der Waals surface area (Å²) in [4.78, 5) is 8.26. The van der Waals surface area contributed by atoms with E-state index in [0.29, 0.717) is 6.54 Å². The van der Waals surface area contributed by atoms with Crippen LogP contribution < -0.4 is 5.73 Å². The molecule has 0 atom stereocenters. The maximum absolute atomic E-state index is 5.56. The van der Waals surface area contributed by atoms with Crippen molar-refractivity contribution in [2.45, 2.75) is 19.3 Å². The molecule has 2 N–H and O–H groups in total. The molecule has 0 bridgehead atoms. The van der Waals surface area contributed by atoms with E-state index >= 15 is 0 Å². The van der Waals surface area contributed by atoms with Crippen molar-refractivity contribution >= 4 is 0 Å². The molecule has 0 fully saturated rings. The van der Waals surface area contributed by atoms with E-state index in [-0.39, 0.29) is 5.41 Å². The maximum atomic E-state index is 5.56. The molecule has 11 heavy (non-hydrogen) atoms. The predicted octanol–water partition coefficient (Wildman–Crippen LogP) is 0.713. The Balaban J connectivity index is 2.93. The first-order chi connectivity index (χ1) is 5.17. The van der Waals surface area contributed by atoms with Gasteiger partial charge in [0.05, 0.1) is 0 Å². The zero-order valence-electron chi connectivity index (χ0n) is 6.91. The summed E-state index contributed by atoms with van der Waals surface area (Å²) < 4.78 is 0. The fourth-order valence-electron chi connectivity index (χ4n) is 0.740. The van der Waals surface area contributed by atoms with Gasteiger partial charge in [-0.1, -0.05) is 13.8 Å². The summed E-state index contributed by atoms with van der Waals surface area (Å²) in [7, 11) is 0. The van der Waals surface area contributed by atoms with Gasteiger partial charge in [0.2, 0.25) is 0 Å². The summed E-state index contributed by atoms with van der Waals surface area (Å²) in [5, 5.41) is 0. The van der Waals surface area contributed by atoms with E-state index < -0.39 is 0 Å². The molecule has 0 aliphatic carbocycles. The van der Waals surface area contributed by atoms with E-state index in [1.54, 1.807) is 18.5 Å². The van der Waals surface area contributed by atoms with Crippen LogP contribution >= 0.6 is 0 Å². The summed E-state index contributed by atoms with van der Waals surface area (Å²) in [6, 6.07) is 1.80. The summed E-state index contributed by atoms with van der Waals surface area (Å²) >= 11 is 0. The Kier molecular flexibility index (Phi) is 2.19.